The molecule has 170 valence electrons. The maximum absolute atomic E-state index is 12.1. The molecule has 2 unspecified atom stereocenters. The number of nitrogens with zero attached hydrogens (tertiary/aromatic N) is 4. The van der Waals surface area contributed by atoms with E-state index in [1.807, 2.05) is 0 Å². The molecule has 2 aromatic rings. The van der Waals surface area contributed by atoms with Gasteiger partial charge in [0, 0.05) is 18.3 Å². The summed E-state index contributed by atoms with van der Waals surface area (Å²) in [4.78, 5) is 34.4. The van der Waals surface area contributed by atoms with E-state index in [0.717, 1.165) is 25.8 Å². The second kappa shape index (κ2) is 8.03. The standard InChI is InChI=1S/C23H29N5O4/c1-5-32-21(29)15-7-6-8-16(9-15)26-19-18(28(30)31)20(25-14-24-19)27-13-23(4)11-17(27)10-22(2,3)12-23/h6-9,14,17H,5,10-13H2,1-4H3,(H,24,25,26). The lowest BCUT2D eigenvalue weighted by Crippen LogP contribution is -2.35. The largest absolute Gasteiger partial charge is 0.462 e. The summed E-state index contributed by atoms with van der Waals surface area (Å²) in [5, 5.41) is 15.1. The molecule has 0 radical (unpaired) electrons. The topological polar surface area (TPSA) is 110 Å². The van der Waals surface area contributed by atoms with Gasteiger partial charge in [0.15, 0.2) is 0 Å². The van der Waals surface area contributed by atoms with Crippen molar-refractivity contribution in [3.8, 4) is 0 Å². The number of ether oxygens (including phenoxy) is 1. The van der Waals surface area contributed by atoms with Crippen molar-refractivity contribution < 1.29 is 14.5 Å². The first-order chi connectivity index (χ1) is 15.1. The van der Waals surface area contributed by atoms with Crippen LogP contribution < -0.4 is 10.2 Å². The average Bonchev–Trinajstić information content (AvgIpc) is 2.96. The quantitative estimate of drug-likeness (QED) is 0.391. The van der Waals surface area contributed by atoms with E-state index in [4.69, 9.17) is 4.74 Å². The van der Waals surface area contributed by atoms with E-state index in [1.54, 1.807) is 31.2 Å². The lowest BCUT2D eigenvalue weighted by atomic mass is 9.65. The Hall–Kier alpha value is -3.23. The molecular weight excluding hydrogens is 410 g/mol. The van der Waals surface area contributed by atoms with Crippen molar-refractivity contribution in [2.45, 2.75) is 53.0 Å². The van der Waals surface area contributed by atoms with E-state index >= 15 is 0 Å². The number of nitro groups is 1. The molecular formula is C23H29N5O4. The van der Waals surface area contributed by atoms with E-state index in [2.05, 4.69) is 41.0 Å². The number of carbonyl (C=O) groups is 1. The van der Waals surface area contributed by atoms with Gasteiger partial charge in [0.25, 0.3) is 0 Å². The fourth-order valence-electron chi connectivity index (χ4n) is 5.62. The van der Waals surface area contributed by atoms with Crippen LogP contribution in [0.25, 0.3) is 0 Å². The zero-order chi connectivity index (χ0) is 23.1. The lowest BCUT2D eigenvalue weighted by molar-refractivity contribution is -0.383. The van der Waals surface area contributed by atoms with Crippen molar-refractivity contribution >= 4 is 29.0 Å². The van der Waals surface area contributed by atoms with Crippen LogP contribution >= 0.6 is 0 Å². The van der Waals surface area contributed by atoms with Crippen molar-refractivity contribution in [1.29, 1.82) is 0 Å². The highest BCUT2D eigenvalue weighted by atomic mass is 16.6. The van der Waals surface area contributed by atoms with Crippen LogP contribution in [0, 0.1) is 20.9 Å². The molecule has 9 heteroatoms. The minimum Gasteiger partial charge on any atom is -0.462 e. The summed E-state index contributed by atoms with van der Waals surface area (Å²) >= 11 is 0. The zero-order valence-electron chi connectivity index (χ0n) is 18.9. The highest BCUT2D eigenvalue weighted by Crippen LogP contribution is 2.54. The predicted octanol–water partition coefficient (Wildman–Crippen LogP) is 4.71. The molecule has 4 rings (SSSR count). The summed E-state index contributed by atoms with van der Waals surface area (Å²) < 4.78 is 5.04. The summed E-state index contributed by atoms with van der Waals surface area (Å²) in [7, 11) is 0. The highest BCUT2D eigenvalue weighted by molar-refractivity contribution is 5.91. The Labute approximate surface area is 187 Å². The molecule has 1 aliphatic heterocycles. The minimum absolute atomic E-state index is 0.104. The third kappa shape index (κ3) is 4.24. The van der Waals surface area contributed by atoms with Gasteiger partial charge in [0.1, 0.15) is 6.33 Å². The van der Waals surface area contributed by atoms with E-state index in [-0.39, 0.29) is 35.0 Å². The summed E-state index contributed by atoms with van der Waals surface area (Å²) in [5.41, 5.74) is 1.01. The third-order valence-corrected chi connectivity index (χ3v) is 6.31. The second-order valence-electron chi connectivity index (χ2n) is 9.92. The van der Waals surface area contributed by atoms with Gasteiger partial charge in [0.05, 0.1) is 17.1 Å². The number of anilines is 3. The minimum atomic E-state index is -0.450. The third-order valence-electron chi connectivity index (χ3n) is 6.31. The van der Waals surface area contributed by atoms with Crippen molar-refractivity contribution in [1.82, 2.24) is 9.97 Å². The van der Waals surface area contributed by atoms with Crippen LogP contribution in [0.3, 0.4) is 0 Å². The molecule has 0 spiro atoms. The molecule has 2 aliphatic rings. The zero-order valence-corrected chi connectivity index (χ0v) is 18.9. The van der Waals surface area contributed by atoms with Gasteiger partial charge >= 0.3 is 11.7 Å². The molecule has 0 amide bonds. The number of esters is 1. The summed E-state index contributed by atoms with van der Waals surface area (Å²) in [5.74, 6) is 0.00145. The first kappa shape index (κ1) is 22.0. The maximum Gasteiger partial charge on any atom is 0.353 e. The summed E-state index contributed by atoms with van der Waals surface area (Å²) in [6.45, 7) is 9.52. The molecule has 2 bridgehead atoms. The molecule has 1 aromatic carbocycles. The summed E-state index contributed by atoms with van der Waals surface area (Å²) in [6, 6.07) is 6.85. The van der Waals surface area contributed by atoms with Crippen LogP contribution in [0.1, 0.15) is 57.3 Å². The second-order valence-corrected chi connectivity index (χ2v) is 9.92. The van der Waals surface area contributed by atoms with Crippen LogP contribution in [-0.2, 0) is 4.74 Å². The fourth-order valence-corrected chi connectivity index (χ4v) is 5.62. The molecule has 9 nitrogen and oxygen atoms in total. The molecule has 2 fully saturated rings. The first-order valence-electron chi connectivity index (χ1n) is 10.9. The van der Waals surface area contributed by atoms with Gasteiger partial charge in [-0.25, -0.2) is 14.8 Å². The molecule has 32 heavy (non-hydrogen) atoms. The number of nitrogens with one attached hydrogen (secondary N) is 1. The Morgan fingerprint density at radius 1 is 1.31 bits per heavy atom. The van der Waals surface area contributed by atoms with Gasteiger partial charge in [-0.2, -0.15) is 0 Å². The number of carbonyl (C=O) groups excluding carboxylic acids is 1. The molecule has 1 aliphatic carbocycles. The van der Waals surface area contributed by atoms with E-state index < -0.39 is 10.9 Å². The number of benzene rings is 1. The van der Waals surface area contributed by atoms with Crippen molar-refractivity contribution in [2.75, 3.05) is 23.4 Å². The molecule has 1 aromatic heterocycles. The number of aromatic nitrogens is 2. The molecule has 2 heterocycles. The Balaban J connectivity index is 1.68. The van der Waals surface area contributed by atoms with Crippen LogP contribution in [0.2, 0.25) is 0 Å². The number of hydrogen-bond acceptors (Lipinski definition) is 8. The maximum atomic E-state index is 12.1. The van der Waals surface area contributed by atoms with Gasteiger partial charge in [-0.15, -0.1) is 0 Å². The summed E-state index contributed by atoms with van der Waals surface area (Å²) in [6.07, 6.45) is 4.41. The van der Waals surface area contributed by atoms with Crippen molar-refractivity contribution in [3.63, 3.8) is 0 Å². The number of hydrogen-bond donors (Lipinski definition) is 1. The highest BCUT2D eigenvalue weighted by Gasteiger charge is 2.51. The van der Waals surface area contributed by atoms with Crippen LogP contribution in [0.4, 0.5) is 23.0 Å². The normalized spacial score (nSPS) is 23.6. The van der Waals surface area contributed by atoms with Gasteiger partial charge in [-0.3, -0.25) is 10.1 Å². The van der Waals surface area contributed by atoms with E-state index in [1.165, 1.54) is 6.33 Å². The number of fused-ring (bicyclic) bond motifs is 2. The molecule has 1 saturated carbocycles. The smallest absolute Gasteiger partial charge is 0.353 e. The molecule has 1 N–H and O–H groups in total. The van der Waals surface area contributed by atoms with E-state index in [0.29, 0.717) is 17.1 Å². The molecule has 2 atom stereocenters. The Kier molecular flexibility index (Phi) is 5.52. The monoisotopic (exact) mass is 439 g/mol. The van der Waals surface area contributed by atoms with Gasteiger partial charge in [-0.05, 0) is 55.2 Å². The Bertz CT molecular complexity index is 1060. The fraction of sp³-hybridized carbons (Fsp3) is 0.522. The van der Waals surface area contributed by atoms with E-state index in [9.17, 15) is 14.9 Å². The van der Waals surface area contributed by atoms with Crippen molar-refractivity contribution in [3.05, 3.63) is 46.3 Å². The first-order valence-corrected chi connectivity index (χ1v) is 10.9. The van der Waals surface area contributed by atoms with Gasteiger partial charge in [0.2, 0.25) is 11.6 Å². The van der Waals surface area contributed by atoms with Crippen LogP contribution in [0.15, 0.2) is 30.6 Å². The van der Waals surface area contributed by atoms with Crippen molar-refractivity contribution in [2.24, 2.45) is 10.8 Å². The van der Waals surface area contributed by atoms with Crippen LogP contribution in [0.5, 0.6) is 0 Å². The average molecular weight is 440 g/mol. The Morgan fingerprint density at radius 3 is 2.81 bits per heavy atom. The Morgan fingerprint density at radius 2 is 2.09 bits per heavy atom. The number of rotatable bonds is 6. The van der Waals surface area contributed by atoms with Gasteiger partial charge < -0.3 is 15.0 Å². The van der Waals surface area contributed by atoms with Crippen LogP contribution in [-0.4, -0.2) is 40.1 Å². The van der Waals surface area contributed by atoms with Gasteiger partial charge in [-0.1, -0.05) is 26.8 Å². The molecule has 1 saturated heterocycles. The lowest BCUT2D eigenvalue weighted by Gasteiger charge is -2.39. The predicted molar refractivity (Wildman–Crippen MR) is 121 cm³/mol. The SMILES string of the molecule is CCOC(=O)c1cccc(Nc2ncnc(N3CC4(C)CC3CC(C)(C)C4)c2[N+](=O)[O-])c1.